The van der Waals surface area contributed by atoms with Crippen LogP contribution in [0.5, 0.6) is 0 Å². The Morgan fingerprint density at radius 1 is 1.06 bits per heavy atom. The normalized spacial score (nSPS) is 13.9. The summed E-state index contributed by atoms with van der Waals surface area (Å²) in [5.74, 6) is -0.361. The first-order valence-electron chi connectivity index (χ1n) is 5.31. The summed E-state index contributed by atoms with van der Waals surface area (Å²) < 4.78 is 0.953. The highest BCUT2D eigenvalue weighted by Crippen LogP contribution is 2.29. The Kier molecular flexibility index (Phi) is 2.76. The van der Waals surface area contributed by atoms with Gasteiger partial charge in [0.05, 0.1) is 5.57 Å². The largest absolute Gasteiger partial charge is 0.288 e. The van der Waals surface area contributed by atoms with E-state index in [2.05, 4.69) is 15.9 Å². The molecule has 0 spiro atoms. The van der Waals surface area contributed by atoms with Gasteiger partial charge in [0.15, 0.2) is 11.6 Å². The summed E-state index contributed by atoms with van der Waals surface area (Å²) in [7, 11) is 0. The molecule has 2 aromatic rings. The molecule has 4 heteroatoms. The SMILES string of the molecule is O=C1C(=Cc2cc(Br)cs2)C(=O)c2ccccc21. The van der Waals surface area contributed by atoms with Gasteiger partial charge in [-0.25, -0.2) is 0 Å². The Hall–Kier alpha value is -1.52. The average Bonchev–Trinajstić information content (AvgIpc) is 2.88. The van der Waals surface area contributed by atoms with E-state index >= 15 is 0 Å². The third-order valence-corrected chi connectivity index (χ3v) is 4.42. The minimum atomic E-state index is -0.180. The predicted molar refractivity (Wildman–Crippen MR) is 75.1 cm³/mol. The lowest BCUT2D eigenvalue weighted by Gasteiger charge is -1.91. The van der Waals surface area contributed by atoms with Crippen molar-refractivity contribution in [3.05, 3.63) is 61.8 Å². The van der Waals surface area contributed by atoms with Gasteiger partial charge in [0, 0.05) is 25.9 Å². The third-order valence-electron chi connectivity index (χ3n) is 2.78. The van der Waals surface area contributed by atoms with Crippen molar-refractivity contribution in [2.45, 2.75) is 0 Å². The van der Waals surface area contributed by atoms with Crippen molar-refractivity contribution in [2.75, 3.05) is 0 Å². The first kappa shape index (κ1) is 11.6. The van der Waals surface area contributed by atoms with Crippen molar-refractivity contribution in [3.8, 4) is 0 Å². The topological polar surface area (TPSA) is 34.1 Å². The van der Waals surface area contributed by atoms with Gasteiger partial charge in [-0.3, -0.25) is 9.59 Å². The maximum absolute atomic E-state index is 12.1. The molecule has 88 valence electrons. The average molecular weight is 319 g/mol. The lowest BCUT2D eigenvalue weighted by Crippen LogP contribution is -1.99. The van der Waals surface area contributed by atoms with Crippen LogP contribution in [0.1, 0.15) is 25.6 Å². The van der Waals surface area contributed by atoms with Crippen LogP contribution in [-0.2, 0) is 0 Å². The van der Waals surface area contributed by atoms with Crippen LogP contribution in [0, 0.1) is 0 Å². The van der Waals surface area contributed by atoms with E-state index in [0.717, 1.165) is 9.35 Å². The number of rotatable bonds is 1. The van der Waals surface area contributed by atoms with Gasteiger partial charge in [-0.1, -0.05) is 24.3 Å². The van der Waals surface area contributed by atoms with Crippen LogP contribution in [0.25, 0.3) is 6.08 Å². The second kappa shape index (κ2) is 4.30. The number of hydrogen-bond donors (Lipinski definition) is 0. The molecule has 1 aromatic heterocycles. The molecule has 2 nitrogen and oxygen atoms in total. The van der Waals surface area contributed by atoms with Gasteiger partial charge in [-0.15, -0.1) is 11.3 Å². The number of carbonyl (C=O) groups is 2. The second-order valence-electron chi connectivity index (χ2n) is 3.93. The second-order valence-corrected chi connectivity index (χ2v) is 5.79. The fraction of sp³-hybridized carbons (Fsp3) is 0. The molecular weight excluding hydrogens is 312 g/mol. The number of carbonyl (C=O) groups excluding carboxylic acids is 2. The first-order valence-corrected chi connectivity index (χ1v) is 6.98. The van der Waals surface area contributed by atoms with Crippen LogP contribution in [0.2, 0.25) is 0 Å². The van der Waals surface area contributed by atoms with Gasteiger partial charge >= 0.3 is 0 Å². The van der Waals surface area contributed by atoms with Gasteiger partial charge in [-0.05, 0) is 28.1 Å². The van der Waals surface area contributed by atoms with Crippen LogP contribution in [-0.4, -0.2) is 11.6 Å². The Bertz CT molecular complexity index is 660. The molecule has 1 aliphatic rings. The maximum atomic E-state index is 12.1. The smallest absolute Gasteiger partial charge is 0.197 e. The Morgan fingerprint density at radius 2 is 1.67 bits per heavy atom. The predicted octanol–water partition coefficient (Wildman–Crippen LogP) is 3.97. The number of halogens is 1. The molecule has 18 heavy (non-hydrogen) atoms. The number of hydrogen-bond acceptors (Lipinski definition) is 3. The van der Waals surface area contributed by atoms with E-state index in [0.29, 0.717) is 11.1 Å². The van der Waals surface area contributed by atoms with E-state index in [1.807, 2.05) is 11.4 Å². The lowest BCUT2D eigenvalue weighted by molar-refractivity contribution is 0.0990. The molecule has 0 fully saturated rings. The van der Waals surface area contributed by atoms with Gasteiger partial charge < -0.3 is 0 Å². The minimum absolute atomic E-state index is 0.180. The van der Waals surface area contributed by atoms with E-state index in [1.54, 1.807) is 30.3 Å². The number of fused-ring (bicyclic) bond motifs is 1. The van der Waals surface area contributed by atoms with E-state index in [-0.39, 0.29) is 17.1 Å². The molecule has 0 aliphatic heterocycles. The van der Waals surface area contributed by atoms with E-state index in [1.165, 1.54) is 11.3 Å². The van der Waals surface area contributed by atoms with Crippen molar-refractivity contribution in [1.29, 1.82) is 0 Å². The molecule has 0 saturated carbocycles. The number of benzene rings is 1. The van der Waals surface area contributed by atoms with Gasteiger partial charge in [-0.2, -0.15) is 0 Å². The van der Waals surface area contributed by atoms with Crippen molar-refractivity contribution in [2.24, 2.45) is 0 Å². The highest BCUT2D eigenvalue weighted by atomic mass is 79.9. The molecule has 1 heterocycles. The van der Waals surface area contributed by atoms with Crippen LogP contribution in [0.15, 0.2) is 45.8 Å². The zero-order valence-corrected chi connectivity index (χ0v) is 11.5. The molecule has 0 amide bonds. The summed E-state index contributed by atoms with van der Waals surface area (Å²) >= 11 is 4.84. The van der Waals surface area contributed by atoms with Gasteiger partial charge in [0.2, 0.25) is 0 Å². The highest BCUT2D eigenvalue weighted by molar-refractivity contribution is 9.10. The molecule has 1 aliphatic carbocycles. The third kappa shape index (κ3) is 1.78. The van der Waals surface area contributed by atoms with Gasteiger partial charge in [0.25, 0.3) is 0 Å². The van der Waals surface area contributed by atoms with Crippen molar-refractivity contribution in [1.82, 2.24) is 0 Å². The molecule has 0 radical (unpaired) electrons. The molecule has 0 N–H and O–H groups in total. The monoisotopic (exact) mass is 318 g/mol. The summed E-state index contributed by atoms with van der Waals surface area (Å²) in [5, 5.41) is 1.92. The van der Waals surface area contributed by atoms with Crippen LogP contribution in [0.4, 0.5) is 0 Å². The molecule has 0 saturated heterocycles. The summed E-state index contributed by atoms with van der Waals surface area (Å²) in [6, 6.07) is 8.83. The van der Waals surface area contributed by atoms with E-state index < -0.39 is 0 Å². The van der Waals surface area contributed by atoms with Gasteiger partial charge in [0.1, 0.15) is 0 Å². The summed E-state index contributed by atoms with van der Waals surface area (Å²) in [6.07, 6.45) is 1.67. The number of allylic oxidation sites excluding steroid dienone is 1. The number of thiophene rings is 1. The first-order chi connectivity index (χ1) is 8.66. The minimum Gasteiger partial charge on any atom is -0.288 e. The highest BCUT2D eigenvalue weighted by Gasteiger charge is 2.32. The fourth-order valence-electron chi connectivity index (χ4n) is 1.95. The maximum Gasteiger partial charge on any atom is 0.197 e. The Balaban J connectivity index is 2.10. The zero-order chi connectivity index (χ0) is 12.7. The zero-order valence-electron chi connectivity index (χ0n) is 9.14. The van der Waals surface area contributed by atoms with Crippen LogP contribution < -0.4 is 0 Å². The van der Waals surface area contributed by atoms with Crippen molar-refractivity contribution in [3.63, 3.8) is 0 Å². The summed E-state index contributed by atoms with van der Waals surface area (Å²) in [4.78, 5) is 25.1. The lowest BCUT2D eigenvalue weighted by atomic mass is 10.1. The molecule has 0 bridgehead atoms. The number of ketones is 2. The summed E-state index contributed by atoms with van der Waals surface area (Å²) in [6.45, 7) is 0. The van der Waals surface area contributed by atoms with E-state index in [9.17, 15) is 9.59 Å². The standard InChI is InChI=1S/C14H7BrO2S/c15-8-5-9(18-7-8)6-12-13(16)10-3-1-2-4-11(10)14(12)17/h1-7H. The molecule has 3 rings (SSSR count). The van der Waals surface area contributed by atoms with Crippen molar-refractivity contribution >= 4 is 44.9 Å². The number of Topliss-reactive ketones (excluding diaryl/α,β-unsaturated/α-hetero) is 2. The quantitative estimate of drug-likeness (QED) is 0.589. The van der Waals surface area contributed by atoms with Crippen molar-refractivity contribution < 1.29 is 9.59 Å². The summed E-state index contributed by atoms with van der Waals surface area (Å²) in [5.41, 5.74) is 1.26. The molecule has 1 aromatic carbocycles. The molecular formula is C14H7BrO2S. The van der Waals surface area contributed by atoms with Crippen LogP contribution >= 0.6 is 27.3 Å². The molecule has 0 atom stereocenters. The fourth-order valence-corrected chi connectivity index (χ4v) is 3.33. The molecule has 0 unspecified atom stereocenters. The van der Waals surface area contributed by atoms with Crippen LogP contribution in [0.3, 0.4) is 0 Å². The Morgan fingerprint density at radius 3 is 2.17 bits per heavy atom. The van der Waals surface area contributed by atoms with E-state index in [4.69, 9.17) is 0 Å². The Labute approximate surface area is 116 Å².